The van der Waals surface area contributed by atoms with E-state index in [0.29, 0.717) is 5.92 Å². The molecule has 1 saturated carbocycles. The minimum atomic E-state index is -0.526. The molecule has 0 spiro atoms. The van der Waals surface area contributed by atoms with Crippen molar-refractivity contribution in [3.05, 3.63) is 35.9 Å². The van der Waals surface area contributed by atoms with Crippen LogP contribution in [0.25, 0.3) is 0 Å². The molecule has 3 N–H and O–H groups in total. The number of benzene rings is 1. The van der Waals surface area contributed by atoms with Gasteiger partial charge >= 0.3 is 0 Å². The van der Waals surface area contributed by atoms with Crippen LogP contribution < -0.4 is 11.1 Å². The molecule has 0 bridgehead atoms. The monoisotopic (exact) mass is 276 g/mol. The molecule has 1 aromatic rings. The number of ether oxygens (including phenoxy) is 1. The lowest BCUT2D eigenvalue weighted by atomic mass is 9.82. The first kappa shape index (κ1) is 15.0. The van der Waals surface area contributed by atoms with Gasteiger partial charge in [0, 0.05) is 19.7 Å². The standard InChI is InChI=1S/C16H24N2O2/c1-20-15(11-17)16(19)18-14-9-7-13(8-10-14)12-5-3-2-4-6-12/h2-6,13-15H,7-11,17H2,1H3,(H,18,19). The minimum Gasteiger partial charge on any atom is -0.370 e. The van der Waals surface area contributed by atoms with Gasteiger partial charge < -0.3 is 15.8 Å². The van der Waals surface area contributed by atoms with Gasteiger partial charge in [-0.3, -0.25) is 4.79 Å². The van der Waals surface area contributed by atoms with Crippen molar-refractivity contribution in [3.63, 3.8) is 0 Å². The van der Waals surface area contributed by atoms with Crippen molar-refractivity contribution >= 4 is 5.91 Å². The molecule has 0 heterocycles. The third-order valence-electron chi connectivity index (χ3n) is 4.14. The summed E-state index contributed by atoms with van der Waals surface area (Å²) in [5, 5.41) is 3.05. The zero-order valence-electron chi connectivity index (χ0n) is 12.0. The van der Waals surface area contributed by atoms with Crippen LogP contribution in [0.2, 0.25) is 0 Å². The Morgan fingerprint density at radius 1 is 1.30 bits per heavy atom. The average Bonchev–Trinajstić information content (AvgIpc) is 2.50. The van der Waals surface area contributed by atoms with E-state index in [0.717, 1.165) is 25.7 Å². The molecule has 1 atom stereocenters. The third kappa shape index (κ3) is 3.81. The van der Waals surface area contributed by atoms with Crippen LogP contribution in [-0.4, -0.2) is 31.7 Å². The van der Waals surface area contributed by atoms with Crippen LogP contribution in [0.4, 0.5) is 0 Å². The normalized spacial score (nSPS) is 24.1. The number of hydrogen-bond acceptors (Lipinski definition) is 3. The highest BCUT2D eigenvalue weighted by atomic mass is 16.5. The summed E-state index contributed by atoms with van der Waals surface area (Å²) in [7, 11) is 1.52. The maximum Gasteiger partial charge on any atom is 0.250 e. The van der Waals surface area contributed by atoms with Crippen molar-refractivity contribution in [1.29, 1.82) is 0 Å². The largest absolute Gasteiger partial charge is 0.370 e. The summed E-state index contributed by atoms with van der Waals surface area (Å²) in [6.45, 7) is 0.224. The van der Waals surface area contributed by atoms with Crippen LogP contribution in [0.5, 0.6) is 0 Å². The maximum absolute atomic E-state index is 11.9. The smallest absolute Gasteiger partial charge is 0.250 e. The summed E-state index contributed by atoms with van der Waals surface area (Å²) in [5.74, 6) is 0.537. The summed E-state index contributed by atoms with van der Waals surface area (Å²) >= 11 is 0. The Kier molecular flexibility index (Phi) is 5.56. The maximum atomic E-state index is 11.9. The van der Waals surface area contributed by atoms with Crippen molar-refractivity contribution in [3.8, 4) is 0 Å². The number of methoxy groups -OCH3 is 1. The van der Waals surface area contributed by atoms with E-state index in [2.05, 4.69) is 29.6 Å². The van der Waals surface area contributed by atoms with E-state index >= 15 is 0 Å². The van der Waals surface area contributed by atoms with Gasteiger partial charge in [-0.25, -0.2) is 0 Å². The molecule has 0 radical (unpaired) electrons. The van der Waals surface area contributed by atoms with Crippen LogP contribution in [-0.2, 0) is 9.53 Å². The summed E-state index contributed by atoms with van der Waals surface area (Å²) in [6.07, 6.45) is 3.75. The lowest BCUT2D eigenvalue weighted by Crippen LogP contribution is -2.46. The molecule has 1 aliphatic rings. The van der Waals surface area contributed by atoms with Gasteiger partial charge in [0.05, 0.1) is 0 Å². The molecule has 110 valence electrons. The number of carbonyl (C=O) groups excluding carboxylic acids is 1. The van der Waals surface area contributed by atoms with Crippen molar-refractivity contribution < 1.29 is 9.53 Å². The summed E-state index contributed by atoms with van der Waals surface area (Å²) in [6, 6.07) is 10.9. The van der Waals surface area contributed by atoms with Crippen LogP contribution in [0.1, 0.15) is 37.2 Å². The molecule has 4 nitrogen and oxygen atoms in total. The number of carbonyl (C=O) groups is 1. The van der Waals surface area contributed by atoms with E-state index in [1.54, 1.807) is 0 Å². The van der Waals surface area contributed by atoms with E-state index in [1.165, 1.54) is 12.7 Å². The van der Waals surface area contributed by atoms with Crippen molar-refractivity contribution in [2.75, 3.05) is 13.7 Å². The second-order valence-corrected chi connectivity index (χ2v) is 5.43. The van der Waals surface area contributed by atoms with Gasteiger partial charge in [-0.15, -0.1) is 0 Å². The van der Waals surface area contributed by atoms with Crippen molar-refractivity contribution in [1.82, 2.24) is 5.32 Å². The average molecular weight is 276 g/mol. The molecule has 20 heavy (non-hydrogen) atoms. The summed E-state index contributed by atoms with van der Waals surface area (Å²) in [4.78, 5) is 11.9. The number of nitrogens with one attached hydrogen (secondary N) is 1. The van der Waals surface area contributed by atoms with E-state index in [1.807, 2.05) is 6.07 Å². The van der Waals surface area contributed by atoms with Gasteiger partial charge in [-0.1, -0.05) is 30.3 Å². The fourth-order valence-corrected chi connectivity index (χ4v) is 2.90. The van der Waals surface area contributed by atoms with E-state index in [-0.39, 0.29) is 18.5 Å². The Labute approximate surface area is 120 Å². The molecule has 1 fully saturated rings. The molecule has 1 amide bonds. The zero-order valence-corrected chi connectivity index (χ0v) is 12.0. The Balaban J connectivity index is 1.81. The second kappa shape index (κ2) is 7.41. The molecule has 1 unspecified atom stereocenters. The highest BCUT2D eigenvalue weighted by Gasteiger charge is 2.25. The fourth-order valence-electron chi connectivity index (χ4n) is 2.90. The molecule has 2 rings (SSSR count). The Morgan fingerprint density at radius 2 is 1.95 bits per heavy atom. The van der Waals surface area contributed by atoms with Gasteiger partial charge in [-0.05, 0) is 37.2 Å². The third-order valence-corrected chi connectivity index (χ3v) is 4.14. The molecule has 0 saturated heterocycles. The van der Waals surface area contributed by atoms with E-state index in [9.17, 15) is 4.79 Å². The number of nitrogens with two attached hydrogens (primary N) is 1. The summed E-state index contributed by atoms with van der Waals surface area (Å²) < 4.78 is 5.06. The first-order chi connectivity index (χ1) is 9.74. The molecule has 4 heteroatoms. The van der Waals surface area contributed by atoms with Gasteiger partial charge in [0.2, 0.25) is 0 Å². The van der Waals surface area contributed by atoms with Gasteiger partial charge in [-0.2, -0.15) is 0 Å². The molecule has 0 aliphatic heterocycles. The molecule has 1 aromatic carbocycles. The van der Waals surface area contributed by atoms with Crippen LogP contribution >= 0.6 is 0 Å². The van der Waals surface area contributed by atoms with Crippen LogP contribution in [0, 0.1) is 0 Å². The fraction of sp³-hybridized carbons (Fsp3) is 0.562. The quantitative estimate of drug-likeness (QED) is 0.862. The van der Waals surface area contributed by atoms with Gasteiger partial charge in [0.15, 0.2) is 0 Å². The Morgan fingerprint density at radius 3 is 2.50 bits per heavy atom. The Hall–Kier alpha value is -1.39. The topological polar surface area (TPSA) is 64.3 Å². The number of hydrogen-bond donors (Lipinski definition) is 2. The number of amides is 1. The van der Waals surface area contributed by atoms with E-state index in [4.69, 9.17) is 10.5 Å². The highest BCUT2D eigenvalue weighted by molar-refractivity contribution is 5.81. The minimum absolute atomic E-state index is 0.0850. The molecule has 0 aromatic heterocycles. The van der Waals surface area contributed by atoms with Crippen LogP contribution in [0.3, 0.4) is 0 Å². The van der Waals surface area contributed by atoms with Gasteiger partial charge in [0.25, 0.3) is 5.91 Å². The lowest BCUT2D eigenvalue weighted by Gasteiger charge is -2.30. The first-order valence-corrected chi connectivity index (χ1v) is 7.32. The molecular weight excluding hydrogens is 252 g/mol. The van der Waals surface area contributed by atoms with Crippen molar-refractivity contribution in [2.24, 2.45) is 5.73 Å². The second-order valence-electron chi connectivity index (χ2n) is 5.43. The van der Waals surface area contributed by atoms with E-state index < -0.39 is 6.10 Å². The van der Waals surface area contributed by atoms with Crippen LogP contribution in [0.15, 0.2) is 30.3 Å². The van der Waals surface area contributed by atoms with Crippen molar-refractivity contribution in [2.45, 2.75) is 43.7 Å². The van der Waals surface area contributed by atoms with Gasteiger partial charge in [0.1, 0.15) is 6.10 Å². The molecular formula is C16H24N2O2. The summed E-state index contributed by atoms with van der Waals surface area (Å²) in [5.41, 5.74) is 6.91. The SMILES string of the molecule is COC(CN)C(=O)NC1CCC(c2ccccc2)CC1. The first-order valence-electron chi connectivity index (χ1n) is 7.32. The highest BCUT2D eigenvalue weighted by Crippen LogP contribution is 2.32. The lowest BCUT2D eigenvalue weighted by molar-refractivity contribution is -0.131. The Bertz CT molecular complexity index is 410. The predicted octanol–water partition coefficient (Wildman–Crippen LogP) is 1.80. The predicted molar refractivity (Wildman–Crippen MR) is 79.4 cm³/mol. The zero-order chi connectivity index (χ0) is 14.4. The molecule has 1 aliphatic carbocycles. The number of rotatable bonds is 5.